The standard InChI is InChI=1S/C12H8Cl2FN3O/c13-10-9(5-7-1-3-8(15)4-2-7)11(14)18-12(17-10)16-6-19/h1-4,6H,5H2,(H,16,17,18,19). The molecule has 1 heterocycles. The minimum Gasteiger partial charge on any atom is -0.297 e. The SMILES string of the molecule is O=CNc1nc(Cl)c(Cc2ccc(F)cc2)c(Cl)n1. The Balaban J connectivity index is 2.29. The van der Waals surface area contributed by atoms with Gasteiger partial charge in [-0.25, -0.2) is 14.4 Å². The highest BCUT2D eigenvalue weighted by molar-refractivity contribution is 6.34. The number of carbonyl (C=O) groups excluding carboxylic acids is 1. The lowest BCUT2D eigenvalue weighted by Gasteiger charge is -2.07. The van der Waals surface area contributed by atoms with Gasteiger partial charge in [0.15, 0.2) is 0 Å². The zero-order valence-electron chi connectivity index (χ0n) is 9.53. The van der Waals surface area contributed by atoms with Crippen molar-refractivity contribution < 1.29 is 9.18 Å². The third-order valence-electron chi connectivity index (χ3n) is 2.39. The predicted molar refractivity (Wildman–Crippen MR) is 70.9 cm³/mol. The Kier molecular flexibility index (Phi) is 4.29. The molecule has 0 aliphatic heterocycles. The summed E-state index contributed by atoms with van der Waals surface area (Å²) >= 11 is 12.0. The summed E-state index contributed by atoms with van der Waals surface area (Å²) in [4.78, 5) is 18.1. The quantitative estimate of drug-likeness (QED) is 0.697. The van der Waals surface area contributed by atoms with Crippen molar-refractivity contribution in [2.24, 2.45) is 0 Å². The van der Waals surface area contributed by atoms with E-state index in [0.717, 1.165) is 5.56 Å². The number of anilines is 1. The van der Waals surface area contributed by atoms with Crippen LogP contribution in [0.25, 0.3) is 0 Å². The van der Waals surface area contributed by atoms with E-state index < -0.39 is 0 Å². The number of benzene rings is 1. The molecule has 0 saturated carbocycles. The van der Waals surface area contributed by atoms with Crippen molar-refractivity contribution in [2.45, 2.75) is 6.42 Å². The molecule has 0 fully saturated rings. The highest BCUT2D eigenvalue weighted by Crippen LogP contribution is 2.25. The molecule has 19 heavy (non-hydrogen) atoms. The molecule has 1 aromatic heterocycles. The van der Waals surface area contributed by atoms with Crippen LogP contribution in [0.3, 0.4) is 0 Å². The molecule has 1 aromatic carbocycles. The molecular formula is C12H8Cl2FN3O. The lowest BCUT2D eigenvalue weighted by Crippen LogP contribution is -2.04. The van der Waals surface area contributed by atoms with E-state index in [-0.39, 0.29) is 22.1 Å². The first kappa shape index (κ1) is 13.7. The predicted octanol–water partition coefficient (Wildman–Crippen LogP) is 3.08. The van der Waals surface area contributed by atoms with Crippen LogP contribution in [0, 0.1) is 5.82 Å². The minimum absolute atomic E-state index is 0.0351. The lowest BCUT2D eigenvalue weighted by molar-refractivity contribution is -0.105. The maximum atomic E-state index is 12.8. The summed E-state index contributed by atoms with van der Waals surface area (Å²) in [5, 5.41) is 2.56. The van der Waals surface area contributed by atoms with Crippen LogP contribution < -0.4 is 5.32 Å². The Bertz CT molecular complexity index is 581. The molecule has 0 aliphatic carbocycles. The van der Waals surface area contributed by atoms with Crippen LogP contribution in [0.2, 0.25) is 10.3 Å². The van der Waals surface area contributed by atoms with Gasteiger partial charge in [0, 0.05) is 12.0 Å². The Hall–Kier alpha value is -1.72. The van der Waals surface area contributed by atoms with Crippen molar-refractivity contribution in [2.75, 3.05) is 5.32 Å². The highest BCUT2D eigenvalue weighted by atomic mass is 35.5. The Morgan fingerprint density at radius 2 is 1.74 bits per heavy atom. The molecule has 0 radical (unpaired) electrons. The molecule has 0 spiro atoms. The number of hydrogen-bond donors (Lipinski definition) is 1. The van der Waals surface area contributed by atoms with E-state index in [9.17, 15) is 9.18 Å². The summed E-state index contributed by atoms with van der Waals surface area (Å²) in [6.07, 6.45) is 0.807. The largest absolute Gasteiger partial charge is 0.297 e. The zero-order chi connectivity index (χ0) is 13.8. The van der Waals surface area contributed by atoms with Gasteiger partial charge in [-0.1, -0.05) is 35.3 Å². The third kappa shape index (κ3) is 3.39. The van der Waals surface area contributed by atoms with Crippen LogP contribution in [0.4, 0.5) is 10.3 Å². The Morgan fingerprint density at radius 1 is 1.16 bits per heavy atom. The average molecular weight is 300 g/mol. The van der Waals surface area contributed by atoms with Gasteiger partial charge in [-0.15, -0.1) is 0 Å². The average Bonchev–Trinajstić information content (AvgIpc) is 2.36. The topological polar surface area (TPSA) is 54.9 Å². The van der Waals surface area contributed by atoms with Crippen molar-refractivity contribution in [3.63, 3.8) is 0 Å². The summed E-state index contributed by atoms with van der Waals surface area (Å²) in [5.74, 6) is -0.282. The Morgan fingerprint density at radius 3 is 2.26 bits per heavy atom. The zero-order valence-corrected chi connectivity index (χ0v) is 11.0. The molecule has 0 aliphatic rings. The van der Waals surface area contributed by atoms with Crippen LogP contribution in [0.15, 0.2) is 24.3 Å². The molecule has 0 bridgehead atoms. The van der Waals surface area contributed by atoms with Gasteiger partial charge in [-0.05, 0) is 17.7 Å². The highest BCUT2D eigenvalue weighted by Gasteiger charge is 2.12. The van der Waals surface area contributed by atoms with E-state index in [1.807, 2.05) is 0 Å². The first-order valence-electron chi connectivity index (χ1n) is 5.26. The number of nitrogens with one attached hydrogen (secondary N) is 1. The second-order valence-corrected chi connectivity index (χ2v) is 4.39. The molecule has 7 heteroatoms. The van der Waals surface area contributed by atoms with Gasteiger partial charge in [-0.3, -0.25) is 10.1 Å². The van der Waals surface area contributed by atoms with E-state index >= 15 is 0 Å². The van der Waals surface area contributed by atoms with E-state index in [4.69, 9.17) is 23.2 Å². The Labute approximate surface area is 118 Å². The van der Waals surface area contributed by atoms with Gasteiger partial charge < -0.3 is 0 Å². The van der Waals surface area contributed by atoms with Crippen LogP contribution in [-0.4, -0.2) is 16.4 Å². The van der Waals surface area contributed by atoms with Gasteiger partial charge in [0.05, 0.1) is 0 Å². The molecule has 0 unspecified atom stereocenters. The van der Waals surface area contributed by atoms with E-state index in [0.29, 0.717) is 18.4 Å². The summed E-state index contributed by atoms with van der Waals surface area (Å²) in [7, 11) is 0. The molecule has 98 valence electrons. The van der Waals surface area contributed by atoms with Gasteiger partial charge in [0.2, 0.25) is 12.4 Å². The summed E-state index contributed by atoms with van der Waals surface area (Å²) in [5.41, 5.74) is 1.34. The first-order valence-corrected chi connectivity index (χ1v) is 6.02. The van der Waals surface area contributed by atoms with Gasteiger partial charge in [0.1, 0.15) is 16.1 Å². The van der Waals surface area contributed by atoms with Crippen molar-refractivity contribution in [3.05, 3.63) is 51.5 Å². The van der Waals surface area contributed by atoms with Crippen LogP contribution in [0.1, 0.15) is 11.1 Å². The summed E-state index contributed by atoms with van der Waals surface area (Å²) in [6, 6.07) is 5.94. The summed E-state index contributed by atoms with van der Waals surface area (Å²) in [6.45, 7) is 0. The molecule has 2 aromatic rings. The van der Waals surface area contributed by atoms with Crippen molar-refractivity contribution >= 4 is 35.6 Å². The third-order valence-corrected chi connectivity index (χ3v) is 3.01. The maximum Gasteiger partial charge on any atom is 0.232 e. The fraction of sp³-hybridized carbons (Fsp3) is 0.0833. The van der Waals surface area contributed by atoms with E-state index in [1.54, 1.807) is 12.1 Å². The summed E-state index contributed by atoms with van der Waals surface area (Å²) < 4.78 is 12.8. The normalized spacial score (nSPS) is 10.3. The van der Waals surface area contributed by atoms with Crippen LogP contribution >= 0.6 is 23.2 Å². The van der Waals surface area contributed by atoms with Crippen molar-refractivity contribution in [3.8, 4) is 0 Å². The second kappa shape index (κ2) is 5.95. The van der Waals surface area contributed by atoms with E-state index in [2.05, 4.69) is 15.3 Å². The molecule has 1 N–H and O–H groups in total. The minimum atomic E-state index is -0.317. The number of halogens is 3. The van der Waals surface area contributed by atoms with E-state index in [1.165, 1.54) is 12.1 Å². The number of nitrogens with zero attached hydrogens (tertiary/aromatic N) is 2. The molecule has 4 nitrogen and oxygen atoms in total. The number of amides is 1. The molecule has 2 rings (SSSR count). The smallest absolute Gasteiger partial charge is 0.232 e. The fourth-order valence-corrected chi connectivity index (χ4v) is 2.02. The number of carbonyl (C=O) groups is 1. The van der Waals surface area contributed by atoms with Gasteiger partial charge in [-0.2, -0.15) is 0 Å². The van der Waals surface area contributed by atoms with Gasteiger partial charge >= 0.3 is 0 Å². The maximum absolute atomic E-state index is 12.8. The second-order valence-electron chi connectivity index (χ2n) is 3.67. The van der Waals surface area contributed by atoms with Crippen molar-refractivity contribution in [1.29, 1.82) is 0 Å². The fourth-order valence-electron chi connectivity index (χ4n) is 1.50. The molecular weight excluding hydrogens is 292 g/mol. The monoisotopic (exact) mass is 299 g/mol. The van der Waals surface area contributed by atoms with Crippen molar-refractivity contribution in [1.82, 2.24) is 9.97 Å². The molecule has 1 amide bonds. The van der Waals surface area contributed by atoms with Gasteiger partial charge in [0.25, 0.3) is 0 Å². The lowest BCUT2D eigenvalue weighted by atomic mass is 10.1. The van der Waals surface area contributed by atoms with Crippen LogP contribution in [-0.2, 0) is 11.2 Å². The number of aromatic nitrogens is 2. The molecule has 0 saturated heterocycles. The van der Waals surface area contributed by atoms with Crippen LogP contribution in [0.5, 0.6) is 0 Å². The number of hydrogen-bond acceptors (Lipinski definition) is 3. The number of rotatable bonds is 4. The molecule has 0 atom stereocenters. The first-order chi connectivity index (χ1) is 9.10.